The molecule has 0 saturated carbocycles. The molecule has 0 atom stereocenters. The minimum absolute atomic E-state index is 0.0351. The fourth-order valence-electron chi connectivity index (χ4n) is 6.00. The summed E-state index contributed by atoms with van der Waals surface area (Å²) in [6.07, 6.45) is 0. The molecule has 0 radical (unpaired) electrons. The van der Waals surface area contributed by atoms with Crippen molar-refractivity contribution < 1.29 is 0 Å². The standard InChI is InChI=1S/C38H27N5O/c1-42-33-21-19-28(23-34(33)43(2)38(42)44)24-12-15-27(16-13-24)36-39-35(26-9-4-3-5-10-26)40-37(41-36)30-18-20-32-29(22-30)17-14-25-8-6-7-11-31(25)32/h3-23H,1-2H3. The molecule has 0 aliphatic heterocycles. The van der Waals surface area contributed by atoms with Crippen LogP contribution in [0.2, 0.25) is 0 Å². The summed E-state index contributed by atoms with van der Waals surface area (Å²) in [5.74, 6) is 1.87. The average molecular weight is 570 g/mol. The maximum absolute atomic E-state index is 12.4. The van der Waals surface area contributed by atoms with E-state index in [0.717, 1.165) is 44.2 Å². The number of aromatic nitrogens is 5. The van der Waals surface area contributed by atoms with Crippen LogP contribution in [-0.2, 0) is 14.1 Å². The summed E-state index contributed by atoms with van der Waals surface area (Å²) in [6, 6.07) is 43.5. The molecule has 2 heterocycles. The third kappa shape index (κ3) is 4.27. The minimum Gasteiger partial charge on any atom is -0.295 e. The highest BCUT2D eigenvalue weighted by Gasteiger charge is 2.14. The SMILES string of the molecule is Cn1c(=O)n(C)c2cc(-c3ccc(-c4nc(-c5ccccc5)nc(-c5ccc6c(ccc7ccccc76)c5)n4)cc3)ccc21. The zero-order valence-electron chi connectivity index (χ0n) is 24.3. The van der Waals surface area contributed by atoms with Crippen molar-refractivity contribution in [3.05, 3.63) is 138 Å². The highest BCUT2D eigenvalue weighted by Crippen LogP contribution is 2.31. The van der Waals surface area contributed by atoms with Crippen molar-refractivity contribution in [1.82, 2.24) is 24.1 Å². The molecular formula is C38H27N5O. The number of aryl methyl sites for hydroxylation is 2. The van der Waals surface area contributed by atoms with Crippen LogP contribution in [-0.4, -0.2) is 24.1 Å². The zero-order chi connectivity index (χ0) is 29.8. The van der Waals surface area contributed by atoms with Gasteiger partial charge in [-0.2, -0.15) is 0 Å². The molecule has 0 spiro atoms. The Balaban J connectivity index is 1.22. The molecule has 8 aromatic rings. The van der Waals surface area contributed by atoms with Crippen LogP contribution in [0.1, 0.15) is 0 Å². The first-order chi connectivity index (χ1) is 21.5. The molecule has 0 bridgehead atoms. The molecule has 6 heteroatoms. The first kappa shape index (κ1) is 25.8. The van der Waals surface area contributed by atoms with Gasteiger partial charge in [0.15, 0.2) is 17.5 Å². The third-order valence-corrected chi connectivity index (χ3v) is 8.42. The van der Waals surface area contributed by atoms with Crippen LogP contribution in [0.15, 0.2) is 132 Å². The normalized spacial score (nSPS) is 11.5. The number of benzene rings is 6. The summed E-state index contributed by atoms with van der Waals surface area (Å²) < 4.78 is 3.35. The van der Waals surface area contributed by atoms with Crippen LogP contribution in [0, 0.1) is 0 Å². The smallest absolute Gasteiger partial charge is 0.295 e. The van der Waals surface area contributed by atoms with Gasteiger partial charge in [-0.1, -0.05) is 109 Å². The fourth-order valence-corrected chi connectivity index (χ4v) is 6.00. The first-order valence-corrected chi connectivity index (χ1v) is 14.5. The van der Waals surface area contributed by atoms with Crippen LogP contribution in [0.4, 0.5) is 0 Å². The highest BCUT2D eigenvalue weighted by atomic mass is 16.1. The Morgan fingerprint density at radius 2 is 0.977 bits per heavy atom. The Hall–Kier alpha value is -5.88. The topological polar surface area (TPSA) is 65.6 Å². The Kier molecular flexibility index (Phi) is 5.94. The van der Waals surface area contributed by atoms with Crippen molar-refractivity contribution in [1.29, 1.82) is 0 Å². The van der Waals surface area contributed by atoms with Gasteiger partial charge in [-0.05, 0) is 50.9 Å². The van der Waals surface area contributed by atoms with Gasteiger partial charge in [0, 0.05) is 30.8 Å². The van der Waals surface area contributed by atoms with E-state index in [9.17, 15) is 4.79 Å². The van der Waals surface area contributed by atoms with E-state index in [1.54, 1.807) is 23.2 Å². The molecule has 0 unspecified atom stereocenters. The van der Waals surface area contributed by atoms with Gasteiger partial charge in [0.05, 0.1) is 11.0 Å². The number of hydrogen-bond acceptors (Lipinski definition) is 4. The molecule has 0 aliphatic rings. The van der Waals surface area contributed by atoms with E-state index in [1.807, 2.05) is 54.6 Å². The number of nitrogens with zero attached hydrogens (tertiary/aromatic N) is 5. The second-order valence-electron chi connectivity index (χ2n) is 11.1. The van der Waals surface area contributed by atoms with Crippen molar-refractivity contribution in [3.8, 4) is 45.3 Å². The van der Waals surface area contributed by atoms with Gasteiger partial charge in [0.25, 0.3) is 0 Å². The number of imidazole rings is 1. The second-order valence-corrected chi connectivity index (χ2v) is 11.1. The summed E-state index contributed by atoms with van der Waals surface area (Å²) in [5, 5.41) is 4.79. The van der Waals surface area contributed by atoms with Crippen LogP contribution in [0.25, 0.3) is 77.9 Å². The molecule has 8 rings (SSSR count). The first-order valence-electron chi connectivity index (χ1n) is 14.5. The third-order valence-electron chi connectivity index (χ3n) is 8.42. The molecule has 6 nitrogen and oxygen atoms in total. The van der Waals surface area contributed by atoms with Crippen molar-refractivity contribution in [2.75, 3.05) is 0 Å². The van der Waals surface area contributed by atoms with E-state index in [2.05, 4.69) is 72.8 Å². The summed E-state index contributed by atoms with van der Waals surface area (Å²) in [6.45, 7) is 0. The summed E-state index contributed by atoms with van der Waals surface area (Å²) in [4.78, 5) is 27.2. The highest BCUT2D eigenvalue weighted by molar-refractivity contribution is 6.08. The maximum atomic E-state index is 12.4. The van der Waals surface area contributed by atoms with Gasteiger partial charge in [0.2, 0.25) is 0 Å². The Morgan fingerprint density at radius 3 is 1.75 bits per heavy atom. The van der Waals surface area contributed by atoms with Gasteiger partial charge >= 0.3 is 5.69 Å². The maximum Gasteiger partial charge on any atom is 0.328 e. The van der Waals surface area contributed by atoms with Crippen LogP contribution in [0.3, 0.4) is 0 Å². The molecule has 6 aromatic carbocycles. The van der Waals surface area contributed by atoms with E-state index in [0.29, 0.717) is 17.5 Å². The molecule has 44 heavy (non-hydrogen) atoms. The summed E-state index contributed by atoms with van der Waals surface area (Å²) in [7, 11) is 3.60. The molecular weight excluding hydrogens is 542 g/mol. The summed E-state index contributed by atoms with van der Waals surface area (Å²) in [5.41, 5.74) is 6.63. The van der Waals surface area contributed by atoms with E-state index in [1.165, 1.54) is 16.2 Å². The fraction of sp³-hybridized carbons (Fsp3) is 0.0526. The van der Waals surface area contributed by atoms with E-state index in [-0.39, 0.29) is 5.69 Å². The molecule has 0 fully saturated rings. The monoisotopic (exact) mass is 569 g/mol. The lowest BCUT2D eigenvalue weighted by Gasteiger charge is -2.10. The van der Waals surface area contributed by atoms with Gasteiger partial charge in [-0.3, -0.25) is 9.13 Å². The van der Waals surface area contributed by atoms with E-state index in [4.69, 9.17) is 15.0 Å². The lowest BCUT2D eigenvalue weighted by Crippen LogP contribution is -2.19. The van der Waals surface area contributed by atoms with Gasteiger partial charge in [-0.15, -0.1) is 0 Å². The Labute approximate surface area is 253 Å². The van der Waals surface area contributed by atoms with Crippen LogP contribution >= 0.6 is 0 Å². The van der Waals surface area contributed by atoms with Gasteiger partial charge in [0.1, 0.15) is 0 Å². The second kappa shape index (κ2) is 10.1. The average Bonchev–Trinajstić information content (AvgIpc) is 3.31. The van der Waals surface area contributed by atoms with Crippen molar-refractivity contribution >= 4 is 32.6 Å². The predicted molar refractivity (Wildman–Crippen MR) is 178 cm³/mol. The van der Waals surface area contributed by atoms with Crippen molar-refractivity contribution in [2.45, 2.75) is 0 Å². The van der Waals surface area contributed by atoms with Crippen molar-refractivity contribution in [2.24, 2.45) is 14.1 Å². The van der Waals surface area contributed by atoms with E-state index < -0.39 is 0 Å². The lowest BCUT2D eigenvalue weighted by atomic mass is 10.00. The lowest BCUT2D eigenvalue weighted by molar-refractivity contribution is 0.795. The molecule has 2 aromatic heterocycles. The van der Waals surface area contributed by atoms with Crippen molar-refractivity contribution in [3.63, 3.8) is 0 Å². The molecule has 0 N–H and O–H groups in total. The summed E-state index contributed by atoms with van der Waals surface area (Å²) >= 11 is 0. The predicted octanol–water partition coefficient (Wildman–Crippen LogP) is 8.04. The molecule has 0 amide bonds. The zero-order valence-corrected chi connectivity index (χ0v) is 24.3. The van der Waals surface area contributed by atoms with Gasteiger partial charge < -0.3 is 0 Å². The molecule has 0 saturated heterocycles. The number of fused-ring (bicyclic) bond motifs is 4. The van der Waals surface area contributed by atoms with Crippen LogP contribution in [0.5, 0.6) is 0 Å². The molecule has 0 aliphatic carbocycles. The quantitative estimate of drug-likeness (QED) is 0.201. The molecule has 210 valence electrons. The number of rotatable bonds is 4. The Bertz CT molecular complexity index is 2420. The Morgan fingerprint density at radius 1 is 0.432 bits per heavy atom. The van der Waals surface area contributed by atoms with E-state index >= 15 is 0 Å². The van der Waals surface area contributed by atoms with Gasteiger partial charge in [-0.25, -0.2) is 19.7 Å². The largest absolute Gasteiger partial charge is 0.328 e. The number of hydrogen-bond donors (Lipinski definition) is 0. The minimum atomic E-state index is -0.0351. The van der Waals surface area contributed by atoms with Crippen LogP contribution < -0.4 is 5.69 Å².